The Morgan fingerprint density at radius 3 is 2.82 bits per heavy atom. The van der Waals surface area contributed by atoms with Crippen LogP contribution in [0, 0.1) is 5.82 Å². The number of rotatable bonds is 2. The van der Waals surface area contributed by atoms with Crippen LogP contribution in [0.4, 0.5) is 10.2 Å². The van der Waals surface area contributed by atoms with Crippen LogP contribution >= 0.6 is 0 Å². The number of hydrogen-bond donors (Lipinski definition) is 1. The number of aromatic nitrogens is 1. The predicted octanol–water partition coefficient (Wildman–Crippen LogP) is 1.82. The van der Waals surface area contributed by atoms with E-state index >= 15 is 0 Å². The van der Waals surface area contributed by atoms with Gasteiger partial charge in [-0.05, 0) is 18.6 Å². The molecule has 0 saturated heterocycles. The molecule has 1 N–H and O–H groups in total. The highest BCUT2D eigenvalue weighted by atomic mass is 19.1. The van der Waals surface area contributed by atoms with Crippen molar-refractivity contribution in [3.63, 3.8) is 0 Å². The van der Waals surface area contributed by atoms with E-state index in [0.29, 0.717) is 17.9 Å². The molecule has 0 spiro atoms. The van der Waals surface area contributed by atoms with E-state index in [1.54, 1.807) is 13.1 Å². The maximum atomic E-state index is 12.8. The number of nitrogens with zero attached hydrogens (tertiary/aromatic N) is 1. The van der Waals surface area contributed by atoms with Gasteiger partial charge in [-0.1, -0.05) is 6.92 Å². The molecule has 1 aromatic rings. The van der Waals surface area contributed by atoms with Crippen LogP contribution in [-0.4, -0.2) is 12.0 Å². The quantitative estimate of drug-likeness (QED) is 0.702. The molecule has 0 aliphatic heterocycles. The molecule has 0 atom stereocenters. The standard InChI is InChI=1S/C8H11FN2/c1-3-7-6(9)4-5-8(10-2)11-7/h4-5H,3H2,1-2H3,(H,10,11). The summed E-state index contributed by atoms with van der Waals surface area (Å²) in [5.74, 6) is 0.481. The minimum absolute atomic E-state index is 0.230. The second-order valence-corrected chi connectivity index (χ2v) is 2.23. The van der Waals surface area contributed by atoms with Crippen LogP contribution in [0.2, 0.25) is 0 Å². The number of aryl methyl sites for hydroxylation is 1. The highest BCUT2D eigenvalue weighted by Gasteiger charge is 2.00. The van der Waals surface area contributed by atoms with Gasteiger partial charge in [-0.3, -0.25) is 0 Å². The van der Waals surface area contributed by atoms with E-state index in [4.69, 9.17) is 0 Å². The molecule has 2 nitrogen and oxygen atoms in total. The summed E-state index contributed by atoms with van der Waals surface area (Å²) in [6, 6.07) is 3.05. The van der Waals surface area contributed by atoms with Gasteiger partial charge in [-0.15, -0.1) is 0 Å². The molecule has 1 heterocycles. The van der Waals surface area contributed by atoms with Gasteiger partial charge in [-0.25, -0.2) is 9.37 Å². The molecule has 60 valence electrons. The lowest BCUT2D eigenvalue weighted by atomic mass is 10.3. The molecule has 0 radical (unpaired) electrons. The summed E-state index contributed by atoms with van der Waals surface area (Å²) >= 11 is 0. The van der Waals surface area contributed by atoms with Gasteiger partial charge in [0.15, 0.2) is 0 Å². The van der Waals surface area contributed by atoms with Gasteiger partial charge in [0.2, 0.25) is 0 Å². The average molecular weight is 154 g/mol. The maximum absolute atomic E-state index is 12.8. The monoisotopic (exact) mass is 154 g/mol. The Balaban J connectivity index is 3.02. The van der Waals surface area contributed by atoms with Crippen LogP contribution in [0.5, 0.6) is 0 Å². The molecule has 0 fully saturated rings. The lowest BCUT2D eigenvalue weighted by Gasteiger charge is -2.01. The Morgan fingerprint density at radius 2 is 2.27 bits per heavy atom. The first-order valence-electron chi connectivity index (χ1n) is 3.61. The Hall–Kier alpha value is -1.12. The fraction of sp³-hybridized carbons (Fsp3) is 0.375. The van der Waals surface area contributed by atoms with Crippen molar-refractivity contribution in [2.45, 2.75) is 13.3 Å². The first kappa shape index (κ1) is 7.98. The van der Waals surface area contributed by atoms with Crippen LogP contribution in [0.1, 0.15) is 12.6 Å². The van der Waals surface area contributed by atoms with Crippen molar-refractivity contribution in [2.75, 3.05) is 12.4 Å². The zero-order chi connectivity index (χ0) is 8.27. The summed E-state index contributed by atoms with van der Waals surface area (Å²) in [4.78, 5) is 4.02. The summed E-state index contributed by atoms with van der Waals surface area (Å²) in [5, 5.41) is 2.85. The molecule has 1 rings (SSSR count). The predicted molar refractivity (Wildman–Crippen MR) is 43.1 cm³/mol. The highest BCUT2D eigenvalue weighted by molar-refractivity contribution is 5.34. The van der Waals surface area contributed by atoms with E-state index < -0.39 is 0 Å². The molecular formula is C8H11FN2. The SMILES string of the molecule is CCc1nc(NC)ccc1F. The summed E-state index contributed by atoms with van der Waals surface area (Å²) in [5.41, 5.74) is 0.511. The van der Waals surface area contributed by atoms with Gasteiger partial charge in [0, 0.05) is 7.05 Å². The number of nitrogens with one attached hydrogen (secondary N) is 1. The number of halogens is 1. The summed E-state index contributed by atoms with van der Waals surface area (Å²) in [7, 11) is 1.76. The van der Waals surface area contributed by atoms with Crippen molar-refractivity contribution >= 4 is 5.82 Å². The van der Waals surface area contributed by atoms with Crippen molar-refractivity contribution in [3.8, 4) is 0 Å². The topological polar surface area (TPSA) is 24.9 Å². The molecule has 3 heteroatoms. The van der Waals surface area contributed by atoms with Crippen molar-refractivity contribution < 1.29 is 4.39 Å². The lowest BCUT2D eigenvalue weighted by molar-refractivity contribution is 0.602. The van der Waals surface area contributed by atoms with Crippen molar-refractivity contribution in [1.82, 2.24) is 4.98 Å². The molecular weight excluding hydrogens is 143 g/mol. The van der Waals surface area contributed by atoms with E-state index in [2.05, 4.69) is 10.3 Å². The molecule has 0 saturated carbocycles. The van der Waals surface area contributed by atoms with Crippen LogP contribution in [-0.2, 0) is 6.42 Å². The number of pyridine rings is 1. The van der Waals surface area contributed by atoms with Crippen LogP contribution < -0.4 is 5.32 Å². The summed E-state index contributed by atoms with van der Waals surface area (Å²) in [6.07, 6.45) is 0.626. The molecule has 0 amide bonds. The van der Waals surface area contributed by atoms with Crippen LogP contribution in [0.25, 0.3) is 0 Å². The molecule has 0 aliphatic carbocycles. The Morgan fingerprint density at radius 1 is 1.55 bits per heavy atom. The second-order valence-electron chi connectivity index (χ2n) is 2.23. The van der Waals surface area contributed by atoms with E-state index in [-0.39, 0.29) is 5.82 Å². The third-order valence-corrected chi connectivity index (χ3v) is 1.51. The zero-order valence-electron chi connectivity index (χ0n) is 6.69. The van der Waals surface area contributed by atoms with Gasteiger partial charge in [0.25, 0.3) is 0 Å². The van der Waals surface area contributed by atoms with E-state index in [9.17, 15) is 4.39 Å². The molecule has 0 bridgehead atoms. The molecule has 1 aromatic heterocycles. The Kier molecular flexibility index (Phi) is 2.41. The molecule has 0 unspecified atom stereocenters. The third-order valence-electron chi connectivity index (χ3n) is 1.51. The van der Waals surface area contributed by atoms with Gasteiger partial charge < -0.3 is 5.32 Å². The molecule has 0 aliphatic rings. The van der Waals surface area contributed by atoms with Crippen molar-refractivity contribution in [1.29, 1.82) is 0 Å². The smallest absolute Gasteiger partial charge is 0.144 e. The first-order chi connectivity index (χ1) is 5.27. The fourth-order valence-corrected chi connectivity index (χ4v) is 0.872. The minimum Gasteiger partial charge on any atom is -0.373 e. The van der Waals surface area contributed by atoms with Crippen molar-refractivity contribution in [3.05, 3.63) is 23.6 Å². The van der Waals surface area contributed by atoms with Gasteiger partial charge in [-0.2, -0.15) is 0 Å². The summed E-state index contributed by atoms with van der Waals surface area (Å²) in [6.45, 7) is 1.88. The number of hydrogen-bond acceptors (Lipinski definition) is 2. The van der Waals surface area contributed by atoms with Gasteiger partial charge in [0.1, 0.15) is 11.6 Å². The Bertz CT molecular complexity index is 248. The van der Waals surface area contributed by atoms with E-state index in [0.717, 1.165) is 0 Å². The Labute approximate surface area is 65.5 Å². The third kappa shape index (κ3) is 1.67. The van der Waals surface area contributed by atoms with Gasteiger partial charge in [0.05, 0.1) is 5.69 Å². The highest BCUT2D eigenvalue weighted by Crippen LogP contribution is 2.09. The van der Waals surface area contributed by atoms with Crippen LogP contribution in [0.15, 0.2) is 12.1 Å². The maximum Gasteiger partial charge on any atom is 0.144 e. The van der Waals surface area contributed by atoms with E-state index in [1.165, 1.54) is 6.07 Å². The second kappa shape index (κ2) is 3.32. The zero-order valence-corrected chi connectivity index (χ0v) is 6.69. The van der Waals surface area contributed by atoms with E-state index in [1.807, 2.05) is 6.92 Å². The number of anilines is 1. The van der Waals surface area contributed by atoms with Crippen molar-refractivity contribution in [2.24, 2.45) is 0 Å². The fourth-order valence-electron chi connectivity index (χ4n) is 0.872. The van der Waals surface area contributed by atoms with Crippen LogP contribution in [0.3, 0.4) is 0 Å². The lowest BCUT2D eigenvalue weighted by Crippen LogP contribution is -1.98. The minimum atomic E-state index is -0.230. The van der Waals surface area contributed by atoms with Gasteiger partial charge >= 0.3 is 0 Å². The largest absolute Gasteiger partial charge is 0.373 e. The molecule has 0 aromatic carbocycles. The summed E-state index contributed by atoms with van der Waals surface area (Å²) < 4.78 is 12.8. The molecule has 11 heavy (non-hydrogen) atoms. The normalized spacial score (nSPS) is 9.73. The average Bonchev–Trinajstić information content (AvgIpc) is 2.05. The first-order valence-corrected chi connectivity index (χ1v) is 3.61.